The van der Waals surface area contributed by atoms with Crippen LogP contribution in [0.4, 0.5) is 0 Å². The van der Waals surface area contributed by atoms with Crippen LogP contribution in [0.15, 0.2) is 0 Å². The molecule has 4 heteroatoms. The highest BCUT2D eigenvalue weighted by molar-refractivity contribution is 4.92. The number of nitrogens with two attached hydrogens (primary N) is 1. The van der Waals surface area contributed by atoms with Gasteiger partial charge in [-0.2, -0.15) is 0 Å². The summed E-state index contributed by atoms with van der Waals surface area (Å²) in [7, 11) is 1.72. The van der Waals surface area contributed by atoms with E-state index < -0.39 is 0 Å². The van der Waals surface area contributed by atoms with Gasteiger partial charge < -0.3 is 20.5 Å². The second-order valence-electron chi connectivity index (χ2n) is 5.03. The molecule has 1 fully saturated rings. The average molecular weight is 230 g/mol. The molecule has 0 saturated carbocycles. The first-order valence-corrected chi connectivity index (χ1v) is 6.18. The van der Waals surface area contributed by atoms with Gasteiger partial charge in [0.25, 0.3) is 0 Å². The highest BCUT2D eigenvalue weighted by Gasteiger charge is 2.34. The van der Waals surface area contributed by atoms with Crippen molar-refractivity contribution < 1.29 is 9.47 Å². The Labute approximate surface area is 98.9 Å². The van der Waals surface area contributed by atoms with Crippen molar-refractivity contribution in [2.75, 3.05) is 33.4 Å². The third-order valence-corrected chi connectivity index (χ3v) is 3.63. The van der Waals surface area contributed by atoms with E-state index in [0.717, 1.165) is 32.4 Å². The number of methoxy groups -OCH3 is 1. The van der Waals surface area contributed by atoms with Crippen LogP contribution in [0.1, 0.15) is 33.1 Å². The van der Waals surface area contributed by atoms with Gasteiger partial charge in [-0.25, -0.2) is 0 Å². The summed E-state index contributed by atoms with van der Waals surface area (Å²) in [4.78, 5) is 0. The number of ether oxygens (including phenoxy) is 2. The summed E-state index contributed by atoms with van der Waals surface area (Å²) in [6.45, 7) is 7.27. The van der Waals surface area contributed by atoms with Gasteiger partial charge in [0.15, 0.2) is 0 Å². The highest BCUT2D eigenvalue weighted by Crippen LogP contribution is 2.25. The van der Waals surface area contributed by atoms with Gasteiger partial charge in [-0.15, -0.1) is 0 Å². The van der Waals surface area contributed by atoms with Gasteiger partial charge in [-0.1, -0.05) is 6.92 Å². The van der Waals surface area contributed by atoms with Crippen LogP contribution in [0.2, 0.25) is 0 Å². The molecule has 1 heterocycles. The lowest BCUT2D eigenvalue weighted by atomic mass is 9.94. The Balaban J connectivity index is 2.48. The molecule has 1 aliphatic heterocycles. The highest BCUT2D eigenvalue weighted by atomic mass is 16.5. The average Bonchev–Trinajstić information content (AvgIpc) is 2.72. The van der Waals surface area contributed by atoms with E-state index in [0.29, 0.717) is 13.2 Å². The van der Waals surface area contributed by atoms with Crippen molar-refractivity contribution in [3.8, 4) is 0 Å². The van der Waals surface area contributed by atoms with Crippen LogP contribution < -0.4 is 11.1 Å². The fourth-order valence-corrected chi connectivity index (χ4v) is 2.18. The Kier molecular flexibility index (Phi) is 5.18. The monoisotopic (exact) mass is 230 g/mol. The first-order valence-electron chi connectivity index (χ1n) is 6.18. The second-order valence-corrected chi connectivity index (χ2v) is 5.03. The Hall–Kier alpha value is -0.160. The summed E-state index contributed by atoms with van der Waals surface area (Å²) in [5.74, 6) is 0. The van der Waals surface area contributed by atoms with Gasteiger partial charge >= 0.3 is 0 Å². The van der Waals surface area contributed by atoms with E-state index >= 15 is 0 Å². The van der Waals surface area contributed by atoms with E-state index in [1.807, 2.05) is 0 Å². The summed E-state index contributed by atoms with van der Waals surface area (Å²) < 4.78 is 11.0. The molecule has 16 heavy (non-hydrogen) atoms. The van der Waals surface area contributed by atoms with Crippen molar-refractivity contribution in [2.24, 2.45) is 5.73 Å². The molecule has 3 N–H and O–H groups in total. The number of hydrogen-bond acceptors (Lipinski definition) is 4. The third-order valence-electron chi connectivity index (χ3n) is 3.63. The Bertz CT molecular complexity index is 199. The standard InChI is InChI=1S/C12H26N2O2/c1-4-12(8-13,10-15-3)14-9-11(2)6-5-7-16-11/h14H,4-10,13H2,1-3H3. The molecule has 0 amide bonds. The van der Waals surface area contributed by atoms with Crippen LogP contribution in [-0.4, -0.2) is 44.6 Å². The first kappa shape index (κ1) is 13.9. The predicted octanol–water partition coefficient (Wildman–Crippen LogP) is 0.899. The summed E-state index contributed by atoms with van der Waals surface area (Å²) in [6, 6.07) is 0. The minimum absolute atomic E-state index is 0.0245. The summed E-state index contributed by atoms with van der Waals surface area (Å²) in [5, 5.41) is 3.54. The van der Waals surface area contributed by atoms with Gasteiger partial charge in [-0.3, -0.25) is 0 Å². The van der Waals surface area contributed by atoms with E-state index in [4.69, 9.17) is 15.2 Å². The van der Waals surface area contributed by atoms with Crippen molar-refractivity contribution >= 4 is 0 Å². The quantitative estimate of drug-likeness (QED) is 0.682. The fourth-order valence-electron chi connectivity index (χ4n) is 2.18. The minimum Gasteiger partial charge on any atom is -0.383 e. The van der Waals surface area contributed by atoms with Crippen LogP contribution in [0.3, 0.4) is 0 Å². The summed E-state index contributed by atoms with van der Waals surface area (Å²) in [5.41, 5.74) is 5.72. The number of hydrogen-bond donors (Lipinski definition) is 2. The molecular weight excluding hydrogens is 204 g/mol. The van der Waals surface area contributed by atoms with Crippen molar-refractivity contribution in [2.45, 2.75) is 44.2 Å². The van der Waals surface area contributed by atoms with E-state index in [2.05, 4.69) is 19.2 Å². The molecule has 0 aromatic rings. The van der Waals surface area contributed by atoms with Crippen LogP contribution in [0.25, 0.3) is 0 Å². The van der Waals surface area contributed by atoms with Gasteiger partial charge in [0, 0.05) is 26.8 Å². The lowest BCUT2D eigenvalue weighted by molar-refractivity contribution is 0.00742. The molecule has 1 rings (SSSR count). The predicted molar refractivity (Wildman–Crippen MR) is 65.5 cm³/mol. The zero-order chi connectivity index (χ0) is 12.1. The normalized spacial score (nSPS) is 29.2. The molecule has 0 aliphatic carbocycles. The summed E-state index contributed by atoms with van der Waals surface area (Å²) in [6.07, 6.45) is 3.25. The van der Waals surface area contributed by atoms with Gasteiger partial charge in [0.05, 0.1) is 17.7 Å². The van der Waals surface area contributed by atoms with Crippen LogP contribution in [-0.2, 0) is 9.47 Å². The zero-order valence-corrected chi connectivity index (χ0v) is 10.8. The number of rotatable bonds is 7. The molecule has 1 aliphatic rings. The van der Waals surface area contributed by atoms with E-state index in [9.17, 15) is 0 Å². The maximum atomic E-state index is 5.85. The molecule has 2 atom stereocenters. The van der Waals surface area contributed by atoms with E-state index in [1.165, 1.54) is 0 Å². The lowest BCUT2D eigenvalue weighted by Gasteiger charge is -2.35. The molecular formula is C12H26N2O2. The first-order chi connectivity index (χ1) is 7.60. The minimum atomic E-state index is -0.107. The van der Waals surface area contributed by atoms with Crippen molar-refractivity contribution in [1.29, 1.82) is 0 Å². The molecule has 96 valence electrons. The maximum Gasteiger partial charge on any atom is 0.0779 e. The van der Waals surface area contributed by atoms with Crippen molar-refractivity contribution in [3.63, 3.8) is 0 Å². The fraction of sp³-hybridized carbons (Fsp3) is 1.00. The van der Waals surface area contributed by atoms with Crippen molar-refractivity contribution in [1.82, 2.24) is 5.32 Å². The van der Waals surface area contributed by atoms with Gasteiger partial charge in [0.2, 0.25) is 0 Å². The molecule has 0 spiro atoms. The third kappa shape index (κ3) is 3.42. The summed E-state index contributed by atoms with van der Waals surface area (Å²) >= 11 is 0. The molecule has 1 saturated heterocycles. The van der Waals surface area contributed by atoms with Crippen molar-refractivity contribution in [3.05, 3.63) is 0 Å². The van der Waals surface area contributed by atoms with Gasteiger partial charge in [0.1, 0.15) is 0 Å². The van der Waals surface area contributed by atoms with Crippen LogP contribution in [0.5, 0.6) is 0 Å². The SMILES string of the molecule is CCC(CN)(COC)NCC1(C)CCCO1. The number of nitrogens with one attached hydrogen (secondary N) is 1. The molecule has 0 bridgehead atoms. The molecule has 0 aromatic heterocycles. The van der Waals surface area contributed by atoms with Gasteiger partial charge in [-0.05, 0) is 26.2 Å². The smallest absolute Gasteiger partial charge is 0.0779 e. The molecule has 2 unspecified atom stereocenters. The molecule has 4 nitrogen and oxygen atoms in total. The Morgan fingerprint density at radius 1 is 1.56 bits per heavy atom. The largest absolute Gasteiger partial charge is 0.383 e. The lowest BCUT2D eigenvalue weighted by Crippen LogP contribution is -2.57. The topological polar surface area (TPSA) is 56.5 Å². The van der Waals surface area contributed by atoms with Crippen LogP contribution >= 0.6 is 0 Å². The second kappa shape index (κ2) is 5.96. The molecule has 0 radical (unpaired) electrons. The Morgan fingerprint density at radius 3 is 2.75 bits per heavy atom. The van der Waals surface area contributed by atoms with E-state index in [1.54, 1.807) is 7.11 Å². The van der Waals surface area contributed by atoms with Crippen LogP contribution in [0, 0.1) is 0 Å². The molecule has 0 aromatic carbocycles. The zero-order valence-electron chi connectivity index (χ0n) is 10.8. The maximum absolute atomic E-state index is 5.85. The van der Waals surface area contributed by atoms with E-state index in [-0.39, 0.29) is 11.1 Å². The Morgan fingerprint density at radius 2 is 2.31 bits per heavy atom.